The Bertz CT molecular complexity index is 1020. The Kier molecular flexibility index (Phi) is 3.24. The summed E-state index contributed by atoms with van der Waals surface area (Å²) < 4.78 is 1.85. The lowest BCUT2D eigenvalue weighted by Crippen LogP contribution is -2.11. The second kappa shape index (κ2) is 5.53. The lowest BCUT2D eigenvalue weighted by molar-refractivity contribution is 0.687. The third kappa shape index (κ3) is 2.53. The smallest absolute Gasteiger partial charge is 0.259 e. The molecule has 112 valence electrons. The largest absolute Gasteiger partial charge is 0.306 e. The predicted octanol–water partition coefficient (Wildman–Crippen LogP) is 2.83. The molecule has 0 aliphatic rings. The second-order valence-electron chi connectivity index (χ2n) is 5.29. The van der Waals surface area contributed by atoms with E-state index in [2.05, 4.69) is 15.1 Å². The Morgan fingerprint density at radius 3 is 2.70 bits per heavy atom. The van der Waals surface area contributed by atoms with Crippen molar-refractivity contribution in [3.05, 3.63) is 82.9 Å². The molecule has 5 nitrogen and oxygen atoms in total. The van der Waals surface area contributed by atoms with E-state index in [4.69, 9.17) is 0 Å². The quantitative estimate of drug-likeness (QED) is 0.633. The molecule has 0 unspecified atom stereocenters. The summed E-state index contributed by atoms with van der Waals surface area (Å²) in [4.78, 5) is 19.8. The zero-order valence-electron chi connectivity index (χ0n) is 12.3. The Labute approximate surface area is 132 Å². The van der Waals surface area contributed by atoms with Gasteiger partial charge in [0.2, 0.25) is 0 Å². The number of aromatic amines is 1. The van der Waals surface area contributed by atoms with E-state index < -0.39 is 0 Å². The van der Waals surface area contributed by atoms with Crippen molar-refractivity contribution < 1.29 is 0 Å². The van der Waals surface area contributed by atoms with E-state index in [0.29, 0.717) is 23.3 Å². The molecule has 0 spiro atoms. The van der Waals surface area contributed by atoms with Crippen molar-refractivity contribution in [3.63, 3.8) is 0 Å². The molecule has 0 saturated carbocycles. The number of rotatable bonds is 3. The standard InChI is InChI=1S/C18H14N4O/c23-18-15-8-3-4-9-16(15)20-17(21-18)14-7-2-1-6-13(14)12-22-11-5-10-19-22/h1-11H,12H2,(H,20,21,23). The van der Waals surface area contributed by atoms with Crippen LogP contribution in [0.2, 0.25) is 0 Å². The van der Waals surface area contributed by atoms with Crippen molar-refractivity contribution in [1.82, 2.24) is 19.7 Å². The highest BCUT2D eigenvalue weighted by atomic mass is 16.1. The van der Waals surface area contributed by atoms with Gasteiger partial charge in [-0.05, 0) is 23.8 Å². The van der Waals surface area contributed by atoms with E-state index in [9.17, 15) is 4.79 Å². The molecule has 2 heterocycles. The van der Waals surface area contributed by atoms with E-state index in [-0.39, 0.29) is 5.56 Å². The van der Waals surface area contributed by atoms with E-state index >= 15 is 0 Å². The molecule has 2 aromatic carbocycles. The lowest BCUT2D eigenvalue weighted by Gasteiger charge is -2.09. The highest BCUT2D eigenvalue weighted by Gasteiger charge is 2.10. The summed E-state index contributed by atoms with van der Waals surface area (Å²) in [7, 11) is 0. The van der Waals surface area contributed by atoms with Crippen LogP contribution in [0.1, 0.15) is 5.56 Å². The Balaban J connectivity index is 1.86. The van der Waals surface area contributed by atoms with Gasteiger partial charge in [0.15, 0.2) is 0 Å². The molecule has 0 aliphatic heterocycles. The van der Waals surface area contributed by atoms with Crippen molar-refractivity contribution in [1.29, 1.82) is 0 Å². The molecule has 5 heteroatoms. The molecule has 2 aromatic heterocycles. The minimum atomic E-state index is -0.125. The van der Waals surface area contributed by atoms with Crippen LogP contribution in [0.15, 0.2) is 71.8 Å². The Morgan fingerprint density at radius 2 is 1.83 bits per heavy atom. The van der Waals surface area contributed by atoms with Crippen LogP contribution in [0.5, 0.6) is 0 Å². The van der Waals surface area contributed by atoms with Crippen LogP contribution in [0, 0.1) is 0 Å². The molecule has 0 radical (unpaired) electrons. The zero-order chi connectivity index (χ0) is 15.6. The maximum absolute atomic E-state index is 12.3. The summed E-state index contributed by atoms with van der Waals surface area (Å²) in [6.07, 6.45) is 3.66. The van der Waals surface area contributed by atoms with Gasteiger partial charge in [0.05, 0.1) is 17.4 Å². The van der Waals surface area contributed by atoms with Crippen LogP contribution < -0.4 is 5.56 Å². The molecule has 0 aliphatic carbocycles. The van der Waals surface area contributed by atoms with Gasteiger partial charge in [-0.15, -0.1) is 0 Å². The summed E-state index contributed by atoms with van der Waals surface area (Å²) in [6, 6.07) is 17.1. The van der Waals surface area contributed by atoms with Gasteiger partial charge < -0.3 is 4.98 Å². The second-order valence-corrected chi connectivity index (χ2v) is 5.29. The number of hydrogen-bond acceptors (Lipinski definition) is 3. The summed E-state index contributed by atoms with van der Waals surface area (Å²) in [5.74, 6) is 0.580. The monoisotopic (exact) mass is 302 g/mol. The molecule has 0 saturated heterocycles. The molecule has 23 heavy (non-hydrogen) atoms. The number of benzene rings is 2. The number of H-pyrrole nitrogens is 1. The van der Waals surface area contributed by atoms with Crippen LogP contribution in [-0.2, 0) is 6.54 Å². The third-order valence-electron chi connectivity index (χ3n) is 3.78. The Morgan fingerprint density at radius 1 is 1.00 bits per heavy atom. The number of para-hydroxylation sites is 1. The van der Waals surface area contributed by atoms with Gasteiger partial charge >= 0.3 is 0 Å². The average molecular weight is 302 g/mol. The van der Waals surface area contributed by atoms with E-state index in [1.807, 2.05) is 59.4 Å². The molecule has 0 atom stereocenters. The zero-order valence-corrected chi connectivity index (χ0v) is 12.3. The van der Waals surface area contributed by atoms with Crippen LogP contribution >= 0.6 is 0 Å². The van der Waals surface area contributed by atoms with Crippen LogP contribution in [0.25, 0.3) is 22.3 Å². The third-order valence-corrected chi connectivity index (χ3v) is 3.78. The summed E-state index contributed by atoms with van der Waals surface area (Å²) in [5, 5.41) is 4.84. The molecule has 0 bridgehead atoms. The van der Waals surface area contributed by atoms with Gasteiger partial charge in [0.25, 0.3) is 5.56 Å². The van der Waals surface area contributed by atoms with Gasteiger partial charge in [-0.3, -0.25) is 9.48 Å². The highest BCUT2D eigenvalue weighted by molar-refractivity contribution is 5.79. The van der Waals surface area contributed by atoms with Crippen molar-refractivity contribution in [2.75, 3.05) is 0 Å². The first-order valence-corrected chi connectivity index (χ1v) is 7.36. The maximum Gasteiger partial charge on any atom is 0.259 e. The van der Waals surface area contributed by atoms with Crippen molar-refractivity contribution in [2.24, 2.45) is 0 Å². The summed E-state index contributed by atoms with van der Waals surface area (Å²) >= 11 is 0. The van der Waals surface area contributed by atoms with E-state index in [0.717, 1.165) is 11.1 Å². The number of nitrogens with zero attached hydrogens (tertiary/aromatic N) is 3. The average Bonchev–Trinajstić information content (AvgIpc) is 3.08. The van der Waals surface area contributed by atoms with Gasteiger partial charge in [0, 0.05) is 18.0 Å². The normalized spacial score (nSPS) is 11.0. The fourth-order valence-corrected chi connectivity index (χ4v) is 2.67. The van der Waals surface area contributed by atoms with Gasteiger partial charge in [-0.1, -0.05) is 36.4 Å². The highest BCUT2D eigenvalue weighted by Crippen LogP contribution is 2.21. The number of aromatic nitrogens is 4. The first kappa shape index (κ1) is 13.5. The lowest BCUT2D eigenvalue weighted by atomic mass is 10.1. The SMILES string of the molecule is O=c1[nH]c(-c2ccccc2Cn2cccn2)nc2ccccc12. The van der Waals surface area contributed by atoms with Gasteiger partial charge in [-0.2, -0.15) is 5.10 Å². The summed E-state index contributed by atoms with van der Waals surface area (Å²) in [5.41, 5.74) is 2.53. The first-order valence-electron chi connectivity index (χ1n) is 7.36. The molecular weight excluding hydrogens is 288 g/mol. The first-order chi connectivity index (χ1) is 11.3. The molecule has 0 amide bonds. The molecule has 4 aromatic rings. The van der Waals surface area contributed by atoms with Crippen molar-refractivity contribution in [3.8, 4) is 11.4 Å². The van der Waals surface area contributed by atoms with Gasteiger partial charge in [0.1, 0.15) is 5.82 Å². The predicted molar refractivity (Wildman–Crippen MR) is 89.1 cm³/mol. The van der Waals surface area contributed by atoms with Crippen LogP contribution in [-0.4, -0.2) is 19.7 Å². The fourth-order valence-electron chi connectivity index (χ4n) is 2.67. The van der Waals surface area contributed by atoms with Gasteiger partial charge in [-0.25, -0.2) is 4.98 Å². The van der Waals surface area contributed by atoms with Crippen LogP contribution in [0.3, 0.4) is 0 Å². The maximum atomic E-state index is 12.3. The molecule has 4 rings (SSSR count). The Hall–Kier alpha value is -3.21. The number of nitrogens with one attached hydrogen (secondary N) is 1. The molecule has 1 N–H and O–H groups in total. The van der Waals surface area contributed by atoms with Crippen LogP contribution in [0.4, 0.5) is 0 Å². The topological polar surface area (TPSA) is 63.6 Å². The minimum Gasteiger partial charge on any atom is -0.306 e. The van der Waals surface area contributed by atoms with E-state index in [1.54, 1.807) is 12.3 Å². The minimum absolute atomic E-state index is 0.125. The van der Waals surface area contributed by atoms with Crippen molar-refractivity contribution >= 4 is 10.9 Å². The summed E-state index contributed by atoms with van der Waals surface area (Å²) in [6.45, 7) is 0.625. The molecule has 0 fully saturated rings. The van der Waals surface area contributed by atoms with E-state index in [1.165, 1.54) is 0 Å². The molecular formula is C18H14N4O. The fraction of sp³-hybridized carbons (Fsp3) is 0.0556. The number of fused-ring (bicyclic) bond motifs is 1. The van der Waals surface area contributed by atoms with Crippen molar-refractivity contribution in [2.45, 2.75) is 6.54 Å². The number of hydrogen-bond donors (Lipinski definition) is 1.